The van der Waals surface area contributed by atoms with Crippen molar-refractivity contribution in [1.82, 2.24) is 0 Å². The van der Waals surface area contributed by atoms with Crippen LogP contribution < -0.4 is 9.47 Å². The molecule has 0 aliphatic heterocycles. The molecule has 7 heteroatoms. The summed E-state index contributed by atoms with van der Waals surface area (Å²) in [7, 11) is -0.0477. The maximum absolute atomic E-state index is 12.6. The highest BCUT2D eigenvalue weighted by Gasteiger charge is 2.26. The van der Waals surface area contributed by atoms with Gasteiger partial charge in [-0.25, -0.2) is 0 Å². The van der Waals surface area contributed by atoms with Crippen LogP contribution in [0.15, 0.2) is 16.6 Å². The minimum atomic E-state index is -3.18. The molecule has 1 aromatic rings. The minimum absolute atomic E-state index is 0.140. The SMILES string of the molecule is CCOP(=O)(Cc1cc(OC)c(Br)cc1OC)OCC. The molecule has 0 saturated heterocycles. The van der Waals surface area contributed by atoms with E-state index in [-0.39, 0.29) is 6.16 Å². The third-order valence-corrected chi connectivity index (χ3v) is 5.22. The molecule has 20 heavy (non-hydrogen) atoms. The highest BCUT2D eigenvalue weighted by Crippen LogP contribution is 2.53. The van der Waals surface area contributed by atoms with E-state index >= 15 is 0 Å². The van der Waals surface area contributed by atoms with Crippen LogP contribution in [0.1, 0.15) is 19.4 Å². The summed E-state index contributed by atoms with van der Waals surface area (Å²) in [6.45, 7) is 4.22. The monoisotopic (exact) mass is 366 g/mol. The number of methoxy groups -OCH3 is 2. The summed E-state index contributed by atoms with van der Waals surface area (Å²) in [5.41, 5.74) is 0.720. The maximum atomic E-state index is 12.6. The Morgan fingerprint density at radius 2 is 1.60 bits per heavy atom. The third kappa shape index (κ3) is 4.48. The van der Waals surface area contributed by atoms with Crippen LogP contribution in [0.2, 0.25) is 0 Å². The first-order valence-electron chi connectivity index (χ1n) is 6.28. The Morgan fingerprint density at radius 1 is 1.05 bits per heavy atom. The van der Waals surface area contributed by atoms with Crippen molar-refractivity contribution in [1.29, 1.82) is 0 Å². The molecule has 0 radical (unpaired) electrons. The van der Waals surface area contributed by atoms with Gasteiger partial charge in [0, 0.05) is 5.56 Å². The summed E-state index contributed by atoms with van der Waals surface area (Å²) in [5.74, 6) is 1.25. The molecule has 0 aromatic heterocycles. The molecule has 0 aliphatic rings. The summed E-state index contributed by atoms with van der Waals surface area (Å²) >= 11 is 3.39. The van der Waals surface area contributed by atoms with Crippen molar-refractivity contribution in [2.24, 2.45) is 0 Å². The zero-order valence-corrected chi connectivity index (χ0v) is 14.6. The molecule has 0 bridgehead atoms. The molecular formula is C13H20BrO5P. The van der Waals surface area contributed by atoms with Crippen LogP contribution in [0, 0.1) is 0 Å². The summed E-state index contributed by atoms with van der Waals surface area (Å²) in [6.07, 6.45) is 0.140. The Bertz CT molecular complexity index is 482. The van der Waals surface area contributed by atoms with Crippen molar-refractivity contribution < 1.29 is 23.1 Å². The van der Waals surface area contributed by atoms with Gasteiger partial charge >= 0.3 is 7.60 Å². The molecule has 0 N–H and O–H groups in total. The van der Waals surface area contributed by atoms with Crippen molar-refractivity contribution in [3.05, 3.63) is 22.2 Å². The Labute approximate surface area is 128 Å². The van der Waals surface area contributed by atoms with Gasteiger partial charge in [-0.15, -0.1) is 0 Å². The van der Waals surface area contributed by atoms with Gasteiger partial charge in [-0.2, -0.15) is 0 Å². The van der Waals surface area contributed by atoms with Crippen molar-refractivity contribution in [2.45, 2.75) is 20.0 Å². The first-order chi connectivity index (χ1) is 9.49. The predicted molar refractivity (Wildman–Crippen MR) is 81.8 cm³/mol. The van der Waals surface area contributed by atoms with E-state index < -0.39 is 7.60 Å². The maximum Gasteiger partial charge on any atom is 0.335 e. The van der Waals surface area contributed by atoms with Gasteiger partial charge in [-0.3, -0.25) is 4.57 Å². The molecule has 0 atom stereocenters. The molecule has 0 fully saturated rings. The van der Waals surface area contributed by atoms with Gasteiger partial charge in [0.05, 0.1) is 38.1 Å². The third-order valence-electron chi connectivity index (χ3n) is 2.57. The van der Waals surface area contributed by atoms with Crippen molar-refractivity contribution in [3.8, 4) is 11.5 Å². The van der Waals surface area contributed by atoms with Crippen LogP contribution >= 0.6 is 23.5 Å². The second-order valence-electron chi connectivity index (χ2n) is 3.90. The Morgan fingerprint density at radius 3 is 2.05 bits per heavy atom. The minimum Gasteiger partial charge on any atom is -0.496 e. The molecule has 0 aliphatic carbocycles. The Hall–Kier alpha value is -0.550. The summed E-state index contributed by atoms with van der Waals surface area (Å²) in [5, 5.41) is 0. The van der Waals surface area contributed by atoms with Gasteiger partial charge in [0.15, 0.2) is 0 Å². The van der Waals surface area contributed by atoms with Gasteiger partial charge in [-0.1, -0.05) is 0 Å². The molecule has 0 heterocycles. The highest BCUT2D eigenvalue weighted by atomic mass is 79.9. The lowest BCUT2D eigenvalue weighted by atomic mass is 10.2. The van der Waals surface area contributed by atoms with E-state index in [1.807, 2.05) is 0 Å². The van der Waals surface area contributed by atoms with Crippen LogP contribution in [-0.4, -0.2) is 27.4 Å². The molecule has 0 saturated carbocycles. The van der Waals surface area contributed by atoms with Crippen LogP contribution in [0.4, 0.5) is 0 Å². The summed E-state index contributed by atoms with van der Waals surface area (Å²) in [4.78, 5) is 0. The van der Waals surface area contributed by atoms with Gasteiger partial charge in [-0.05, 0) is 41.9 Å². The number of halogens is 1. The fraction of sp³-hybridized carbons (Fsp3) is 0.538. The topological polar surface area (TPSA) is 54.0 Å². The smallest absolute Gasteiger partial charge is 0.335 e. The first kappa shape index (κ1) is 17.5. The fourth-order valence-corrected chi connectivity index (χ4v) is 3.97. The summed E-state index contributed by atoms with van der Waals surface area (Å²) < 4.78 is 34.5. The van der Waals surface area contributed by atoms with E-state index in [1.165, 1.54) is 0 Å². The Balaban J connectivity index is 3.13. The van der Waals surface area contributed by atoms with Crippen molar-refractivity contribution >= 4 is 23.5 Å². The molecule has 0 unspecified atom stereocenters. The Kier molecular flexibility index (Phi) is 7.03. The van der Waals surface area contributed by atoms with Gasteiger partial charge < -0.3 is 18.5 Å². The molecule has 114 valence electrons. The lowest BCUT2D eigenvalue weighted by molar-refractivity contribution is 0.219. The number of hydrogen-bond donors (Lipinski definition) is 0. The van der Waals surface area contributed by atoms with Crippen LogP contribution in [0.3, 0.4) is 0 Å². The largest absolute Gasteiger partial charge is 0.496 e. The van der Waals surface area contributed by atoms with E-state index in [0.717, 1.165) is 10.0 Å². The number of ether oxygens (including phenoxy) is 2. The van der Waals surface area contributed by atoms with Gasteiger partial charge in [0.2, 0.25) is 0 Å². The van der Waals surface area contributed by atoms with Crippen LogP contribution in [0.5, 0.6) is 11.5 Å². The van der Waals surface area contributed by atoms with Crippen LogP contribution in [0.25, 0.3) is 0 Å². The average molecular weight is 367 g/mol. The van der Waals surface area contributed by atoms with E-state index in [0.29, 0.717) is 24.7 Å². The number of rotatable bonds is 8. The van der Waals surface area contributed by atoms with E-state index in [2.05, 4.69) is 15.9 Å². The van der Waals surface area contributed by atoms with E-state index in [4.69, 9.17) is 18.5 Å². The van der Waals surface area contributed by atoms with E-state index in [1.54, 1.807) is 40.2 Å². The standard InChI is InChI=1S/C13H20BrO5P/c1-5-18-20(15,19-6-2)9-10-7-13(17-4)11(14)8-12(10)16-3/h7-8H,5-6,9H2,1-4H3. The highest BCUT2D eigenvalue weighted by molar-refractivity contribution is 9.10. The van der Waals surface area contributed by atoms with Gasteiger partial charge in [0.1, 0.15) is 11.5 Å². The van der Waals surface area contributed by atoms with Crippen molar-refractivity contribution in [2.75, 3.05) is 27.4 Å². The molecule has 1 aromatic carbocycles. The number of hydrogen-bond acceptors (Lipinski definition) is 5. The molecule has 0 amide bonds. The molecule has 1 rings (SSSR count). The zero-order chi connectivity index (χ0) is 15.2. The predicted octanol–water partition coefficient (Wildman–Crippen LogP) is 4.23. The molecule has 5 nitrogen and oxygen atoms in total. The quantitative estimate of drug-likeness (QED) is 0.644. The van der Waals surface area contributed by atoms with E-state index in [9.17, 15) is 4.57 Å². The average Bonchev–Trinajstić information content (AvgIpc) is 2.40. The lowest BCUT2D eigenvalue weighted by Crippen LogP contribution is -2.01. The van der Waals surface area contributed by atoms with Crippen molar-refractivity contribution in [3.63, 3.8) is 0 Å². The second kappa shape index (κ2) is 8.03. The first-order valence-corrected chi connectivity index (χ1v) is 8.80. The second-order valence-corrected chi connectivity index (χ2v) is 6.81. The lowest BCUT2D eigenvalue weighted by Gasteiger charge is -2.19. The molecule has 0 spiro atoms. The number of benzene rings is 1. The normalized spacial score (nSPS) is 11.4. The summed E-state index contributed by atoms with van der Waals surface area (Å²) in [6, 6.07) is 3.55. The van der Waals surface area contributed by atoms with Crippen LogP contribution in [-0.2, 0) is 19.8 Å². The zero-order valence-electron chi connectivity index (χ0n) is 12.1. The molecular weight excluding hydrogens is 347 g/mol. The fourth-order valence-electron chi connectivity index (χ4n) is 1.78. The van der Waals surface area contributed by atoms with Gasteiger partial charge in [0.25, 0.3) is 0 Å².